The standard InChI is InChI=1S/C15H20Br2N2/c16-12-3-4-14(17)13(10-12)15(9-11-1-2-11)19-7-5-18-6-8-19/h3-4,10-11,15,18H,1-2,5-9H2/t15-/m0/s1. The summed E-state index contributed by atoms with van der Waals surface area (Å²) >= 11 is 7.36. The van der Waals surface area contributed by atoms with E-state index in [9.17, 15) is 0 Å². The number of hydrogen-bond acceptors (Lipinski definition) is 2. The van der Waals surface area contributed by atoms with Crippen molar-refractivity contribution in [2.75, 3.05) is 26.2 Å². The van der Waals surface area contributed by atoms with Crippen molar-refractivity contribution in [2.24, 2.45) is 5.92 Å². The lowest BCUT2D eigenvalue weighted by molar-refractivity contribution is 0.160. The minimum Gasteiger partial charge on any atom is -0.314 e. The highest BCUT2D eigenvalue weighted by atomic mass is 79.9. The Balaban J connectivity index is 1.85. The predicted octanol–water partition coefficient (Wildman–Crippen LogP) is 3.96. The van der Waals surface area contributed by atoms with Gasteiger partial charge >= 0.3 is 0 Å². The average molecular weight is 388 g/mol. The molecule has 0 amide bonds. The van der Waals surface area contributed by atoms with Gasteiger partial charge in [-0.05, 0) is 36.1 Å². The van der Waals surface area contributed by atoms with Gasteiger partial charge in [0.05, 0.1) is 0 Å². The van der Waals surface area contributed by atoms with Gasteiger partial charge in [-0.15, -0.1) is 0 Å². The zero-order chi connectivity index (χ0) is 13.2. The number of halogens is 2. The number of benzene rings is 1. The first-order valence-electron chi connectivity index (χ1n) is 7.14. The van der Waals surface area contributed by atoms with E-state index in [-0.39, 0.29) is 0 Å². The summed E-state index contributed by atoms with van der Waals surface area (Å²) in [6, 6.07) is 7.14. The zero-order valence-corrected chi connectivity index (χ0v) is 14.2. The second-order valence-corrected chi connectivity index (χ2v) is 7.42. The Hall–Kier alpha value is 0.1000. The van der Waals surface area contributed by atoms with E-state index < -0.39 is 0 Å². The molecule has 3 rings (SSSR count). The van der Waals surface area contributed by atoms with Crippen molar-refractivity contribution in [3.8, 4) is 0 Å². The smallest absolute Gasteiger partial charge is 0.0363 e. The molecule has 1 saturated heterocycles. The molecule has 4 heteroatoms. The molecule has 1 N–H and O–H groups in total. The summed E-state index contributed by atoms with van der Waals surface area (Å²) in [6.45, 7) is 4.56. The molecule has 1 aliphatic heterocycles. The van der Waals surface area contributed by atoms with Crippen LogP contribution in [0.1, 0.15) is 30.9 Å². The molecule has 1 atom stereocenters. The van der Waals surface area contributed by atoms with E-state index in [1.165, 1.54) is 33.8 Å². The Kier molecular flexibility index (Phi) is 4.62. The largest absolute Gasteiger partial charge is 0.314 e. The van der Waals surface area contributed by atoms with Gasteiger partial charge in [-0.1, -0.05) is 44.7 Å². The molecule has 1 saturated carbocycles. The van der Waals surface area contributed by atoms with Gasteiger partial charge in [-0.2, -0.15) is 0 Å². The van der Waals surface area contributed by atoms with E-state index in [1.54, 1.807) is 0 Å². The number of rotatable bonds is 4. The highest BCUT2D eigenvalue weighted by Gasteiger charge is 2.31. The molecule has 2 fully saturated rings. The van der Waals surface area contributed by atoms with Gasteiger partial charge in [0.25, 0.3) is 0 Å². The summed E-state index contributed by atoms with van der Waals surface area (Å²) in [5.41, 5.74) is 1.45. The van der Waals surface area contributed by atoms with Gasteiger partial charge in [0, 0.05) is 41.2 Å². The Morgan fingerprint density at radius 3 is 2.63 bits per heavy atom. The average Bonchev–Trinajstić information content (AvgIpc) is 3.24. The SMILES string of the molecule is Brc1ccc(Br)c([C@H](CC2CC2)N2CCNCC2)c1. The second kappa shape index (κ2) is 6.25. The minimum absolute atomic E-state index is 0.571. The molecular weight excluding hydrogens is 368 g/mol. The maximum absolute atomic E-state index is 3.74. The van der Waals surface area contributed by atoms with Crippen molar-refractivity contribution < 1.29 is 0 Å². The van der Waals surface area contributed by atoms with Crippen LogP contribution in [0.3, 0.4) is 0 Å². The van der Waals surface area contributed by atoms with Gasteiger partial charge in [-0.25, -0.2) is 0 Å². The lowest BCUT2D eigenvalue weighted by Gasteiger charge is -2.36. The molecule has 1 aromatic rings. The van der Waals surface area contributed by atoms with Crippen molar-refractivity contribution in [3.63, 3.8) is 0 Å². The number of hydrogen-bond donors (Lipinski definition) is 1. The lowest BCUT2D eigenvalue weighted by atomic mass is 9.99. The maximum Gasteiger partial charge on any atom is 0.0363 e. The third kappa shape index (κ3) is 3.60. The van der Waals surface area contributed by atoms with Crippen LogP contribution in [0, 0.1) is 5.92 Å². The first kappa shape index (κ1) is 14.1. The number of nitrogens with one attached hydrogen (secondary N) is 1. The summed E-state index contributed by atoms with van der Waals surface area (Å²) in [5.74, 6) is 0.950. The van der Waals surface area contributed by atoms with Crippen LogP contribution in [0.25, 0.3) is 0 Å². The highest BCUT2D eigenvalue weighted by molar-refractivity contribution is 9.11. The van der Waals surface area contributed by atoms with E-state index >= 15 is 0 Å². The molecule has 0 radical (unpaired) electrons. The molecule has 2 aliphatic rings. The van der Waals surface area contributed by atoms with Crippen molar-refractivity contribution in [3.05, 3.63) is 32.7 Å². The van der Waals surface area contributed by atoms with Crippen LogP contribution in [-0.2, 0) is 0 Å². The van der Waals surface area contributed by atoms with Gasteiger partial charge in [0.1, 0.15) is 0 Å². The van der Waals surface area contributed by atoms with Crippen molar-refractivity contribution in [1.29, 1.82) is 0 Å². The topological polar surface area (TPSA) is 15.3 Å². The van der Waals surface area contributed by atoms with Crippen molar-refractivity contribution >= 4 is 31.9 Å². The fourth-order valence-electron chi connectivity index (χ4n) is 2.91. The Bertz CT molecular complexity index is 440. The van der Waals surface area contributed by atoms with Crippen LogP contribution in [0.5, 0.6) is 0 Å². The zero-order valence-electron chi connectivity index (χ0n) is 11.0. The highest BCUT2D eigenvalue weighted by Crippen LogP contribution is 2.42. The van der Waals surface area contributed by atoms with E-state index in [2.05, 4.69) is 60.3 Å². The predicted molar refractivity (Wildman–Crippen MR) is 86.4 cm³/mol. The molecule has 0 unspecified atom stereocenters. The van der Waals surface area contributed by atoms with E-state index in [0.717, 1.165) is 32.1 Å². The van der Waals surface area contributed by atoms with Crippen molar-refractivity contribution in [1.82, 2.24) is 10.2 Å². The third-order valence-corrected chi connectivity index (χ3v) is 5.38. The van der Waals surface area contributed by atoms with Crippen LogP contribution in [0.2, 0.25) is 0 Å². The van der Waals surface area contributed by atoms with Crippen LogP contribution >= 0.6 is 31.9 Å². The first-order valence-corrected chi connectivity index (χ1v) is 8.72. The molecule has 0 bridgehead atoms. The van der Waals surface area contributed by atoms with Gasteiger partial charge in [0.15, 0.2) is 0 Å². The molecule has 1 aliphatic carbocycles. The molecule has 1 heterocycles. The van der Waals surface area contributed by atoms with Crippen LogP contribution in [0.4, 0.5) is 0 Å². The fraction of sp³-hybridized carbons (Fsp3) is 0.600. The lowest BCUT2D eigenvalue weighted by Crippen LogP contribution is -2.45. The summed E-state index contributed by atoms with van der Waals surface area (Å²) in [4.78, 5) is 2.65. The molecular formula is C15H20Br2N2. The third-order valence-electron chi connectivity index (χ3n) is 4.16. The number of piperazine rings is 1. The van der Waals surface area contributed by atoms with Gasteiger partial charge < -0.3 is 5.32 Å². The van der Waals surface area contributed by atoms with E-state index in [4.69, 9.17) is 0 Å². The fourth-order valence-corrected chi connectivity index (χ4v) is 3.80. The Labute approximate surface area is 132 Å². The van der Waals surface area contributed by atoms with E-state index in [1.807, 2.05) is 0 Å². The van der Waals surface area contributed by atoms with E-state index in [0.29, 0.717) is 6.04 Å². The minimum atomic E-state index is 0.571. The molecule has 0 aromatic heterocycles. The Morgan fingerprint density at radius 2 is 1.95 bits per heavy atom. The normalized spacial score (nSPS) is 22.4. The molecule has 104 valence electrons. The molecule has 2 nitrogen and oxygen atoms in total. The summed E-state index contributed by atoms with van der Waals surface area (Å²) in [7, 11) is 0. The quantitative estimate of drug-likeness (QED) is 0.841. The van der Waals surface area contributed by atoms with Gasteiger partial charge in [0.2, 0.25) is 0 Å². The van der Waals surface area contributed by atoms with Crippen LogP contribution in [-0.4, -0.2) is 31.1 Å². The molecule has 1 aromatic carbocycles. The second-order valence-electron chi connectivity index (χ2n) is 5.65. The summed E-state index contributed by atoms with van der Waals surface area (Å²) in [5, 5.41) is 3.45. The molecule has 0 spiro atoms. The first-order chi connectivity index (χ1) is 9.24. The number of nitrogens with zero attached hydrogens (tertiary/aromatic N) is 1. The van der Waals surface area contributed by atoms with Crippen LogP contribution < -0.4 is 5.32 Å². The molecule has 19 heavy (non-hydrogen) atoms. The van der Waals surface area contributed by atoms with Crippen molar-refractivity contribution in [2.45, 2.75) is 25.3 Å². The Morgan fingerprint density at radius 1 is 1.21 bits per heavy atom. The summed E-state index contributed by atoms with van der Waals surface area (Å²) < 4.78 is 2.43. The van der Waals surface area contributed by atoms with Gasteiger partial charge in [-0.3, -0.25) is 4.90 Å². The maximum atomic E-state index is 3.74. The summed E-state index contributed by atoms with van der Waals surface area (Å²) in [6.07, 6.45) is 4.16. The monoisotopic (exact) mass is 386 g/mol. The van der Waals surface area contributed by atoms with Crippen LogP contribution in [0.15, 0.2) is 27.1 Å².